The summed E-state index contributed by atoms with van der Waals surface area (Å²) in [6.45, 7) is 7.39. The highest BCUT2D eigenvalue weighted by molar-refractivity contribution is 5.93. The van der Waals surface area contributed by atoms with Crippen molar-refractivity contribution >= 4 is 12.0 Å². The largest absolute Gasteiger partial charge is 0.444 e. The molecule has 2 aromatic rings. The van der Waals surface area contributed by atoms with E-state index in [0.717, 1.165) is 17.7 Å². The lowest BCUT2D eigenvalue weighted by Crippen LogP contribution is -2.36. The molecule has 2 heterocycles. The zero-order chi connectivity index (χ0) is 19.4. The maximum absolute atomic E-state index is 12.4. The normalized spacial score (nSPS) is 17.0. The van der Waals surface area contributed by atoms with Crippen molar-refractivity contribution in [3.63, 3.8) is 0 Å². The predicted octanol–water partition coefficient (Wildman–Crippen LogP) is 3.67. The standard InChI is InChI=1S/C21H27N3O3/c1-21(2,3)27-20(26)24-12-11-15(14-24)13-22-19(25)18-10-9-17(23-18)16-7-5-4-6-8-16/h4-10,15,23H,11-14H2,1-3H3,(H,22,25). The Morgan fingerprint density at radius 1 is 1.19 bits per heavy atom. The molecule has 1 fully saturated rings. The van der Waals surface area contributed by atoms with Crippen molar-refractivity contribution in [2.45, 2.75) is 32.8 Å². The van der Waals surface area contributed by atoms with E-state index in [4.69, 9.17) is 4.74 Å². The molecule has 3 rings (SSSR count). The summed E-state index contributed by atoms with van der Waals surface area (Å²) in [5.41, 5.74) is 2.00. The maximum atomic E-state index is 12.4. The summed E-state index contributed by atoms with van der Waals surface area (Å²) in [6, 6.07) is 13.6. The van der Waals surface area contributed by atoms with Gasteiger partial charge in [-0.15, -0.1) is 0 Å². The minimum Gasteiger partial charge on any atom is -0.444 e. The molecule has 1 unspecified atom stereocenters. The van der Waals surface area contributed by atoms with Crippen LogP contribution in [0.2, 0.25) is 0 Å². The molecule has 6 heteroatoms. The van der Waals surface area contributed by atoms with Crippen LogP contribution < -0.4 is 5.32 Å². The van der Waals surface area contributed by atoms with E-state index in [0.29, 0.717) is 25.3 Å². The van der Waals surface area contributed by atoms with Crippen LogP contribution in [0.1, 0.15) is 37.7 Å². The molecule has 0 bridgehead atoms. The maximum Gasteiger partial charge on any atom is 0.410 e. The van der Waals surface area contributed by atoms with Crippen LogP contribution in [-0.4, -0.2) is 47.1 Å². The van der Waals surface area contributed by atoms with Gasteiger partial charge in [-0.1, -0.05) is 30.3 Å². The number of benzene rings is 1. The molecule has 0 aliphatic carbocycles. The fraction of sp³-hybridized carbons (Fsp3) is 0.429. The smallest absolute Gasteiger partial charge is 0.410 e. The lowest BCUT2D eigenvalue weighted by Gasteiger charge is -2.24. The molecule has 1 aromatic carbocycles. The quantitative estimate of drug-likeness (QED) is 0.863. The van der Waals surface area contributed by atoms with Gasteiger partial charge in [-0.05, 0) is 50.8 Å². The van der Waals surface area contributed by atoms with Crippen molar-refractivity contribution in [3.05, 3.63) is 48.2 Å². The van der Waals surface area contributed by atoms with Crippen LogP contribution in [0.3, 0.4) is 0 Å². The van der Waals surface area contributed by atoms with Gasteiger partial charge >= 0.3 is 6.09 Å². The van der Waals surface area contributed by atoms with Crippen LogP contribution in [0.5, 0.6) is 0 Å². The van der Waals surface area contributed by atoms with Gasteiger partial charge in [0.2, 0.25) is 0 Å². The summed E-state index contributed by atoms with van der Waals surface area (Å²) in [4.78, 5) is 29.4. The number of carbonyl (C=O) groups excluding carboxylic acids is 2. The molecule has 144 valence electrons. The number of hydrogen-bond donors (Lipinski definition) is 2. The van der Waals surface area contributed by atoms with E-state index in [9.17, 15) is 9.59 Å². The Hall–Kier alpha value is -2.76. The number of likely N-dealkylation sites (tertiary alicyclic amines) is 1. The van der Waals surface area contributed by atoms with E-state index in [1.54, 1.807) is 11.0 Å². The minimum absolute atomic E-state index is 0.132. The van der Waals surface area contributed by atoms with Crippen molar-refractivity contribution in [1.82, 2.24) is 15.2 Å². The van der Waals surface area contributed by atoms with Gasteiger partial charge in [0.15, 0.2) is 0 Å². The Labute approximate surface area is 159 Å². The van der Waals surface area contributed by atoms with Gasteiger partial charge in [0.25, 0.3) is 5.91 Å². The van der Waals surface area contributed by atoms with Gasteiger partial charge in [-0.3, -0.25) is 4.79 Å². The molecule has 27 heavy (non-hydrogen) atoms. The third-order valence-corrected chi connectivity index (χ3v) is 4.50. The van der Waals surface area contributed by atoms with Crippen LogP contribution in [0.15, 0.2) is 42.5 Å². The van der Waals surface area contributed by atoms with Crippen molar-refractivity contribution in [1.29, 1.82) is 0 Å². The second-order valence-electron chi connectivity index (χ2n) is 7.94. The summed E-state index contributed by atoms with van der Waals surface area (Å²) in [6.07, 6.45) is 0.577. The number of aromatic amines is 1. The Balaban J connectivity index is 1.49. The molecule has 6 nitrogen and oxygen atoms in total. The molecule has 1 aliphatic heterocycles. The molecule has 2 N–H and O–H groups in total. The second kappa shape index (κ2) is 7.86. The summed E-state index contributed by atoms with van der Waals surface area (Å²) in [5.74, 6) is 0.109. The highest BCUT2D eigenvalue weighted by atomic mass is 16.6. The number of rotatable bonds is 4. The second-order valence-corrected chi connectivity index (χ2v) is 7.94. The average Bonchev–Trinajstić information content (AvgIpc) is 3.29. The molecule has 0 spiro atoms. The molecule has 0 radical (unpaired) electrons. The zero-order valence-electron chi connectivity index (χ0n) is 16.1. The number of amides is 2. The van der Waals surface area contributed by atoms with Crippen molar-refractivity contribution in [3.8, 4) is 11.3 Å². The molecule has 2 amide bonds. The first kappa shape index (κ1) is 19.0. The molecule has 0 saturated carbocycles. The monoisotopic (exact) mass is 369 g/mol. The lowest BCUT2D eigenvalue weighted by molar-refractivity contribution is 0.0288. The van der Waals surface area contributed by atoms with E-state index < -0.39 is 5.60 Å². The van der Waals surface area contributed by atoms with Gasteiger partial charge in [-0.2, -0.15) is 0 Å². The highest BCUT2D eigenvalue weighted by Gasteiger charge is 2.29. The van der Waals surface area contributed by atoms with Crippen molar-refractivity contribution in [2.24, 2.45) is 5.92 Å². The first-order valence-corrected chi connectivity index (χ1v) is 9.32. The summed E-state index contributed by atoms with van der Waals surface area (Å²) < 4.78 is 5.40. The van der Waals surface area contributed by atoms with Gasteiger partial charge in [0.1, 0.15) is 11.3 Å². The SMILES string of the molecule is CC(C)(C)OC(=O)N1CCC(CNC(=O)c2ccc(-c3ccccc3)[nH]2)C1. The Morgan fingerprint density at radius 2 is 1.93 bits per heavy atom. The molecular weight excluding hydrogens is 342 g/mol. The summed E-state index contributed by atoms with van der Waals surface area (Å²) in [5, 5.41) is 2.96. The molecule has 1 aliphatic rings. The van der Waals surface area contributed by atoms with Crippen LogP contribution >= 0.6 is 0 Å². The fourth-order valence-corrected chi connectivity index (χ4v) is 3.14. The zero-order valence-corrected chi connectivity index (χ0v) is 16.1. The van der Waals surface area contributed by atoms with Crippen LogP contribution in [0.25, 0.3) is 11.3 Å². The lowest BCUT2D eigenvalue weighted by atomic mass is 10.1. The number of carbonyl (C=O) groups is 2. The third-order valence-electron chi connectivity index (χ3n) is 4.50. The Morgan fingerprint density at radius 3 is 2.63 bits per heavy atom. The number of nitrogens with one attached hydrogen (secondary N) is 2. The van der Waals surface area contributed by atoms with E-state index in [1.807, 2.05) is 57.2 Å². The molecular formula is C21H27N3O3. The number of hydrogen-bond acceptors (Lipinski definition) is 3. The van der Waals surface area contributed by atoms with E-state index >= 15 is 0 Å². The van der Waals surface area contributed by atoms with Crippen LogP contribution in [-0.2, 0) is 4.74 Å². The molecule has 1 saturated heterocycles. The minimum atomic E-state index is -0.493. The van der Waals surface area contributed by atoms with Gasteiger partial charge in [0, 0.05) is 25.3 Å². The number of aromatic nitrogens is 1. The highest BCUT2D eigenvalue weighted by Crippen LogP contribution is 2.20. The fourth-order valence-electron chi connectivity index (χ4n) is 3.14. The van der Waals surface area contributed by atoms with E-state index in [2.05, 4.69) is 10.3 Å². The van der Waals surface area contributed by atoms with Crippen LogP contribution in [0, 0.1) is 5.92 Å². The van der Waals surface area contributed by atoms with Crippen molar-refractivity contribution in [2.75, 3.05) is 19.6 Å². The third kappa shape index (κ3) is 5.12. The number of ether oxygens (including phenoxy) is 1. The Kier molecular flexibility index (Phi) is 5.54. The topological polar surface area (TPSA) is 74.4 Å². The summed E-state index contributed by atoms with van der Waals surface area (Å²) in [7, 11) is 0. The van der Waals surface area contributed by atoms with E-state index in [-0.39, 0.29) is 17.9 Å². The summed E-state index contributed by atoms with van der Waals surface area (Å²) >= 11 is 0. The first-order chi connectivity index (χ1) is 12.8. The average molecular weight is 369 g/mol. The Bertz CT molecular complexity index is 793. The number of H-pyrrole nitrogens is 1. The molecule has 1 atom stereocenters. The van der Waals surface area contributed by atoms with Gasteiger partial charge in [0.05, 0.1) is 0 Å². The van der Waals surface area contributed by atoms with Crippen molar-refractivity contribution < 1.29 is 14.3 Å². The van der Waals surface area contributed by atoms with Gasteiger partial charge in [-0.25, -0.2) is 4.79 Å². The first-order valence-electron chi connectivity index (χ1n) is 9.32. The van der Waals surface area contributed by atoms with E-state index in [1.165, 1.54) is 0 Å². The van der Waals surface area contributed by atoms with Gasteiger partial charge < -0.3 is 19.9 Å². The predicted molar refractivity (Wildman–Crippen MR) is 104 cm³/mol. The van der Waals surface area contributed by atoms with Crippen LogP contribution in [0.4, 0.5) is 4.79 Å². The molecule has 1 aromatic heterocycles. The number of nitrogens with zero attached hydrogens (tertiary/aromatic N) is 1.